The van der Waals surface area contributed by atoms with Gasteiger partial charge in [-0.05, 0) is 0 Å². The highest BCUT2D eigenvalue weighted by atomic mass is 16.6. The van der Waals surface area contributed by atoms with E-state index in [0.717, 1.165) is 12.2 Å². The molecule has 0 radical (unpaired) electrons. The van der Waals surface area contributed by atoms with E-state index in [9.17, 15) is 14.4 Å². The van der Waals surface area contributed by atoms with Crippen LogP contribution in [0, 0.1) is 0 Å². The molecule has 6 heteroatoms. The molecule has 0 fully saturated rings. The first-order chi connectivity index (χ1) is 7.01. The normalized spacial score (nSPS) is 10.0. The minimum atomic E-state index is -1.55. The van der Waals surface area contributed by atoms with Crippen LogP contribution in [-0.2, 0) is 23.9 Å². The van der Waals surface area contributed by atoms with Gasteiger partial charge in [0.05, 0.1) is 0 Å². The average molecular weight is 212 g/mol. The largest absolute Gasteiger partial charge is 0.475 e. The van der Waals surface area contributed by atoms with Crippen molar-refractivity contribution >= 4 is 17.9 Å². The van der Waals surface area contributed by atoms with E-state index in [4.69, 9.17) is 5.11 Å². The van der Waals surface area contributed by atoms with Gasteiger partial charge in [-0.2, -0.15) is 0 Å². The van der Waals surface area contributed by atoms with Crippen LogP contribution in [0.25, 0.3) is 0 Å². The van der Waals surface area contributed by atoms with E-state index in [2.05, 4.69) is 22.6 Å². The van der Waals surface area contributed by atoms with Gasteiger partial charge in [-0.25, -0.2) is 14.4 Å². The van der Waals surface area contributed by atoms with Gasteiger partial charge in [0.15, 0.2) is 0 Å². The molecule has 0 saturated carbocycles. The Bertz CT molecular complexity index is 339. The molecule has 0 amide bonds. The maximum absolute atomic E-state index is 10.6. The van der Waals surface area contributed by atoms with Gasteiger partial charge in [0.1, 0.15) is 6.26 Å². The van der Waals surface area contributed by atoms with Crippen LogP contribution < -0.4 is 0 Å². The van der Waals surface area contributed by atoms with Crippen molar-refractivity contribution < 1.29 is 29.0 Å². The summed E-state index contributed by atoms with van der Waals surface area (Å²) >= 11 is 0. The Morgan fingerprint density at radius 2 is 1.60 bits per heavy atom. The van der Waals surface area contributed by atoms with E-state index in [1.807, 2.05) is 0 Å². The molecule has 0 unspecified atom stereocenters. The van der Waals surface area contributed by atoms with Gasteiger partial charge < -0.3 is 14.6 Å². The molecule has 6 nitrogen and oxygen atoms in total. The first-order valence-electron chi connectivity index (χ1n) is 3.62. The Hall–Kier alpha value is -2.37. The number of carboxylic acid groups (broad SMARTS) is 1. The van der Waals surface area contributed by atoms with Gasteiger partial charge >= 0.3 is 17.9 Å². The second kappa shape index (κ2) is 6.14. The third-order valence-electron chi connectivity index (χ3n) is 1.04. The van der Waals surface area contributed by atoms with Gasteiger partial charge in [0, 0.05) is 12.2 Å². The highest BCUT2D eigenvalue weighted by Gasteiger charge is 2.13. The smallest absolute Gasteiger partial charge is 0.375 e. The molecule has 0 aliphatic rings. The summed E-state index contributed by atoms with van der Waals surface area (Å²) in [6, 6.07) is 0. The van der Waals surface area contributed by atoms with Gasteiger partial charge in [0.2, 0.25) is 0 Å². The van der Waals surface area contributed by atoms with E-state index >= 15 is 0 Å². The molecule has 0 bridgehead atoms. The van der Waals surface area contributed by atoms with Crippen LogP contribution in [0.3, 0.4) is 0 Å². The second-order valence-corrected chi connectivity index (χ2v) is 2.05. The van der Waals surface area contributed by atoms with Crippen molar-refractivity contribution in [1.82, 2.24) is 0 Å². The number of hydrogen-bond acceptors (Lipinski definition) is 5. The molecule has 0 aromatic heterocycles. The zero-order chi connectivity index (χ0) is 11.8. The number of esters is 2. The van der Waals surface area contributed by atoms with Crippen LogP contribution in [0.1, 0.15) is 0 Å². The van der Waals surface area contributed by atoms with Gasteiger partial charge in [-0.1, -0.05) is 13.2 Å². The lowest BCUT2D eigenvalue weighted by Gasteiger charge is -2.00. The summed E-state index contributed by atoms with van der Waals surface area (Å²) < 4.78 is 8.50. The summed E-state index contributed by atoms with van der Waals surface area (Å²) in [5.41, 5.74) is 0. The predicted molar refractivity (Wildman–Crippen MR) is 48.3 cm³/mol. The molecule has 0 aromatic carbocycles. The van der Waals surface area contributed by atoms with Crippen LogP contribution in [0.2, 0.25) is 0 Å². The lowest BCUT2D eigenvalue weighted by Crippen LogP contribution is -2.10. The standard InChI is InChI=1S/C9H8O6/c1-3-7(10)14-5-6(9(12)13)15-8(11)4-2/h3-5H,1-2H2,(H,12,13). The zero-order valence-corrected chi connectivity index (χ0v) is 7.63. The van der Waals surface area contributed by atoms with E-state index < -0.39 is 23.7 Å². The van der Waals surface area contributed by atoms with Crippen LogP contribution >= 0.6 is 0 Å². The molecule has 1 N–H and O–H groups in total. The lowest BCUT2D eigenvalue weighted by atomic mass is 10.5. The average Bonchev–Trinajstić information content (AvgIpc) is 2.22. The summed E-state index contributed by atoms with van der Waals surface area (Å²) in [7, 11) is 0. The van der Waals surface area contributed by atoms with Crippen molar-refractivity contribution in [3.05, 3.63) is 37.3 Å². The monoisotopic (exact) mass is 212 g/mol. The van der Waals surface area contributed by atoms with Crippen LogP contribution in [0.5, 0.6) is 0 Å². The summed E-state index contributed by atoms with van der Waals surface area (Å²) in [6.45, 7) is 6.15. The molecule has 0 rings (SSSR count). The van der Waals surface area contributed by atoms with E-state index in [1.54, 1.807) is 0 Å². The molecular weight excluding hydrogens is 204 g/mol. The number of hydrogen-bond donors (Lipinski definition) is 1. The summed E-state index contributed by atoms with van der Waals surface area (Å²) in [4.78, 5) is 31.6. The van der Waals surface area contributed by atoms with Gasteiger partial charge in [-0.15, -0.1) is 0 Å². The predicted octanol–water partition coefficient (Wildman–Crippen LogP) is 0.371. The summed E-state index contributed by atoms with van der Waals surface area (Å²) in [6.07, 6.45) is 2.09. The maximum Gasteiger partial charge on any atom is 0.375 e. The summed E-state index contributed by atoms with van der Waals surface area (Å²) in [5, 5.41) is 8.51. The third kappa shape index (κ3) is 5.04. The SMILES string of the molecule is C=CC(=O)OC=C(OC(=O)C=C)C(=O)O. The minimum absolute atomic E-state index is 0.494. The van der Waals surface area contributed by atoms with E-state index in [0.29, 0.717) is 6.26 Å². The Morgan fingerprint density at radius 3 is 2.00 bits per heavy atom. The van der Waals surface area contributed by atoms with Crippen molar-refractivity contribution in [2.45, 2.75) is 0 Å². The number of carboxylic acids is 1. The molecule has 15 heavy (non-hydrogen) atoms. The molecule has 0 heterocycles. The minimum Gasteiger partial charge on any atom is -0.475 e. The quantitative estimate of drug-likeness (QED) is 0.402. The highest BCUT2D eigenvalue weighted by Crippen LogP contribution is 2.00. The van der Waals surface area contributed by atoms with Crippen LogP contribution in [0.15, 0.2) is 37.3 Å². The number of rotatable bonds is 5. The van der Waals surface area contributed by atoms with Crippen LogP contribution in [0.4, 0.5) is 0 Å². The molecule has 0 aliphatic heterocycles. The molecule has 80 valence electrons. The number of carbonyl (C=O) groups excluding carboxylic acids is 2. The molecule has 0 atom stereocenters. The molecule has 0 aliphatic carbocycles. The highest BCUT2D eigenvalue weighted by molar-refractivity contribution is 5.91. The number of carbonyl (C=O) groups is 3. The molecule has 0 aromatic rings. The van der Waals surface area contributed by atoms with Crippen molar-refractivity contribution in [3.8, 4) is 0 Å². The number of ether oxygens (including phenoxy) is 2. The van der Waals surface area contributed by atoms with Crippen LogP contribution in [-0.4, -0.2) is 23.0 Å². The lowest BCUT2D eigenvalue weighted by molar-refractivity contribution is -0.146. The molecule has 0 spiro atoms. The Kier molecular flexibility index (Phi) is 5.17. The van der Waals surface area contributed by atoms with Gasteiger partial charge in [0.25, 0.3) is 5.76 Å². The first-order valence-corrected chi connectivity index (χ1v) is 3.62. The zero-order valence-electron chi connectivity index (χ0n) is 7.63. The topological polar surface area (TPSA) is 89.9 Å². The van der Waals surface area contributed by atoms with Crippen molar-refractivity contribution in [2.75, 3.05) is 0 Å². The fraction of sp³-hybridized carbons (Fsp3) is 0. The van der Waals surface area contributed by atoms with Crippen molar-refractivity contribution in [1.29, 1.82) is 0 Å². The summed E-state index contributed by atoms with van der Waals surface area (Å²) in [5.74, 6) is -4.22. The van der Waals surface area contributed by atoms with E-state index in [1.165, 1.54) is 0 Å². The van der Waals surface area contributed by atoms with Crippen molar-refractivity contribution in [2.24, 2.45) is 0 Å². The maximum atomic E-state index is 10.6. The third-order valence-corrected chi connectivity index (χ3v) is 1.04. The Labute approximate surface area is 85.1 Å². The molecular formula is C9H8O6. The van der Waals surface area contributed by atoms with Gasteiger partial charge in [-0.3, -0.25) is 0 Å². The molecule has 0 saturated heterocycles. The fourth-order valence-corrected chi connectivity index (χ4v) is 0.428. The van der Waals surface area contributed by atoms with Crippen molar-refractivity contribution in [3.63, 3.8) is 0 Å². The Morgan fingerprint density at radius 1 is 1.07 bits per heavy atom. The first kappa shape index (κ1) is 12.6. The number of aliphatic carboxylic acids is 1. The Balaban J connectivity index is 4.58. The fourth-order valence-electron chi connectivity index (χ4n) is 0.428. The second-order valence-electron chi connectivity index (χ2n) is 2.05. The van der Waals surface area contributed by atoms with E-state index in [-0.39, 0.29) is 0 Å².